The number of anilines is 2. The predicted molar refractivity (Wildman–Crippen MR) is 118 cm³/mol. The second-order valence-corrected chi connectivity index (χ2v) is 7.69. The van der Waals surface area contributed by atoms with E-state index in [0.717, 1.165) is 34.4 Å². The number of rotatable bonds is 2. The van der Waals surface area contributed by atoms with Crippen LogP contribution in [-0.2, 0) is 0 Å². The standard InChI is InChI=1S/C24H20N6O/c1-16-15-29(19-8-6-18(14-25)7-9-19)22-13-20(28-12-4-3-5-23(28)31)10-11-21(22)30-17(2)26-27-24(16)30/h3-13,16H,15H2,1-2H3. The van der Waals surface area contributed by atoms with Crippen molar-refractivity contribution in [1.82, 2.24) is 19.3 Å². The molecular weight excluding hydrogens is 388 g/mol. The number of hydrogen-bond donors (Lipinski definition) is 0. The molecule has 2 aromatic heterocycles. The molecule has 7 heteroatoms. The number of aromatic nitrogens is 4. The number of aryl methyl sites for hydroxylation is 1. The summed E-state index contributed by atoms with van der Waals surface area (Å²) in [5.41, 5.74) is 4.19. The highest BCUT2D eigenvalue weighted by molar-refractivity contribution is 5.75. The maximum atomic E-state index is 12.4. The molecule has 0 aliphatic carbocycles. The topological polar surface area (TPSA) is 79.7 Å². The predicted octanol–water partition coefficient (Wildman–Crippen LogP) is 3.85. The monoisotopic (exact) mass is 408 g/mol. The van der Waals surface area contributed by atoms with E-state index in [1.807, 2.05) is 55.5 Å². The van der Waals surface area contributed by atoms with Crippen molar-refractivity contribution in [3.05, 3.63) is 94.4 Å². The summed E-state index contributed by atoms with van der Waals surface area (Å²) < 4.78 is 3.71. The average Bonchev–Trinajstić information content (AvgIpc) is 3.13. The first-order chi connectivity index (χ1) is 15.1. The summed E-state index contributed by atoms with van der Waals surface area (Å²) in [6.45, 7) is 4.76. The third-order valence-corrected chi connectivity index (χ3v) is 5.65. The van der Waals surface area contributed by atoms with Crippen LogP contribution in [0.3, 0.4) is 0 Å². The zero-order valence-corrected chi connectivity index (χ0v) is 17.2. The van der Waals surface area contributed by atoms with Crippen LogP contribution in [0.15, 0.2) is 71.7 Å². The highest BCUT2D eigenvalue weighted by Crippen LogP contribution is 2.39. The van der Waals surface area contributed by atoms with E-state index < -0.39 is 0 Å². The molecule has 3 heterocycles. The summed E-state index contributed by atoms with van der Waals surface area (Å²) in [7, 11) is 0. The molecule has 0 spiro atoms. The minimum atomic E-state index is -0.0875. The lowest BCUT2D eigenvalue weighted by molar-refractivity contribution is 0.696. The Balaban J connectivity index is 1.75. The van der Waals surface area contributed by atoms with Gasteiger partial charge in [-0.3, -0.25) is 13.9 Å². The van der Waals surface area contributed by atoms with Gasteiger partial charge in [-0.15, -0.1) is 10.2 Å². The van der Waals surface area contributed by atoms with E-state index in [9.17, 15) is 10.1 Å². The average molecular weight is 408 g/mol. The summed E-state index contributed by atoms with van der Waals surface area (Å²) in [6.07, 6.45) is 1.77. The Bertz CT molecular complexity index is 1380. The van der Waals surface area contributed by atoms with Gasteiger partial charge in [-0.1, -0.05) is 13.0 Å². The molecule has 1 unspecified atom stereocenters. The molecule has 0 saturated heterocycles. The van der Waals surface area contributed by atoms with Crippen LogP contribution < -0.4 is 10.5 Å². The maximum absolute atomic E-state index is 12.4. The number of nitriles is 1. The van der Waals surface area contributed by atoms with Crippen LogP contribution in [0.5, 0.6) is 0 Å². The Hall–Kier alpha value is -4.18. The molecule has 0 radical (unpaired) electrons. The minimum Gasteiger partial charge on any atom is -0.339 e. The van der Waals surface area contributed by atoms with E-state index in [2.05, 4.69) is 32.7 Å². The van der Waals surface area contributed by atoms with E-state index in [-0.39, 0.29) is 11.5 Å². The van der Waals surface area contributed by atoms with Crippen LogP contribution in [0.25, 0.3) is 11.4 Å². The number of fused-ring (bicyclic) bond motifs is 3. The van der Waals surface area contributed by atoms with Crippen molar-refractivity contribution in [3.63, 3.8) is 0 Å². The molecule has 1 aliphatic rings. The SMILES string of the molecule is Cc1nnc2n1-c1ccc(-n3ccccc3=O)cc1N(c1ccc(C#N)cc1)CC2C. The summed E-state index contributed by atoms with van der Waals surface area (Å²) in [5.74, 6) is 1.83. The summed E-state index contributed by atoms with van der Waals surface area (Å²) in [5, 5.41) is 17.9. The van der Waals surface area contributed by atoms with Crippen molar-refractivity contribution in [2.45, 2.75) is 19.8 Å². The molecule has 1 aliphatic heterocycles. The molecule has 31 heavy (non-hydrogen) atoms. The van der Waals surface area contributed by atoms with Gasteiger partial charge in [0.25, 0.3) is 5.56 Å². The van der Waals surface area contributed by atoms with Crippen molar-refractivity contribution < 1.29 is 0 Å². The van der Waals surface area contributed by atoms with Gasteiger partial charge in [0.15, 0.2) is 0 Å². The first-order valence-electron chi connectivity index (χ1n) is 10.1. The molecule has 0 N–H and O–H groups in total. The summed E-state index contributed by atoms with van der Waals surface area (Å²) in [6, 6.07) is 20.8. The minimum absolute atomic E-state index is 0.0875. The van der Waals surface area contributed by atoms with Gasteiger partial charge in [-0.2, -0.15) is 5.26 Å². The lowest BCUT2D eigenvalue weighted by Crippen LogP contribution is -2.22. The molecule has 2 aromatic carbocycles. The highest BCUT2D eigenvalue weighted by Gasteiger charge is 2.28. The Kier molecular flexibility index (Phi) is 4.41. The van der Waals surface area contributed by atoms with Crippen molar-refractivity contribution in [2.24, 2.45) is 0 Å². The lowest BCUT2D eigenvalue weighted by atomic mass is 10.1. The van der Waals surface area contributed by atoms with E-state index in [1.165, 1.54) is 0 Å². The van der Waals surface area contributed by atoms with E-state index >= 15 is 0 Å². The molecule has 0 fully saturated rings. The van der Waals surface area contributed by atoms with Crippen molar-refractivity contribution in [3.8, 4) is 17.4 Å². The number of pyridine rings is 1. The number of nitrogens with zero attached hydrogens (tertiary/aromatic N) is 6. The molecule has 152 valence electrons. The van der Waals surface area contributed by atoms with E-state index in [0.29, 0.717) is 12.1 Å². The van der Waals surface area contributed by atoms with Crippen LogP contribution in [0.2, 0.25) is 0 Å². The molecule has 0 saturated carbocycles. The van der Waals surface area contributed by atoms with Crippen LogP contribution in [0, 0.1) is 18.3 Å². The third kappa shape index (κ3) is 3.09. The fourth-order valence-corrected chi connectivity index (χ4v) is 4.12. The third-order valence-electron chi connectivity index (χ3n) is 5.65. The van der Waals surface area contributed by atoms with Gasteiger partial charge in [0.05, 0.1) is 28.7 Å². The summed E-state index contributed by atoms with van der Waals surface area (Å²) in [4.78, 5) is 14.6. The van der Waals surface area contributed by atoms with Gasteiger partial charge in [0, 0.05) is 30.4 Å². The van der Waals surface area contributed by atoms with Crippen LogP contribution in [-0.4, -0.2) is 25.9 Å². The van der Waals surface area contributed by atoms with Gasteiger partial charge in [0.2, 0.25) is 0 Å². The molecule has 7 nitrogen and oxygen atoms in total. The van der Waals surface area contributed by atoms with Gasteiger partial charge in [-0.05, 0) is 55.5 Å². The lowest BCUT2D eigenvalue weighted by Gasteiger charge is -2.27. The Morgan fingerprint density at radius 1 is 1.00 bits per heavy atom. The molecular formula is C24H20N6O. The van der Waals surface area contributed by atoms with Crippen molar-refractivity contribution in [1.29, 1.82) is 5.26 Å². The largest absolute Gasteiger partial charge is 0.339 e. The molecule has 4 aromatic rings. The number of hydrogen-bond acceptors (Lipinski definition) is 5. The molecule has 1 atom stereocenters. The van der Waals surface area contributed by atoms with Gasteiger partial charge >= 0.3 is 0 Å². The van der Waals surface area contributed by atoms with Crippen LogP contribution >= 0.6 is 0 Å². The molecule has 5 rings (SSSR count). The fourth-order valence-electron chi connectivity index (χ4n) is 4.12. The Morgan fingerprint density at radius 3 is 2.52 bits per heavy atom. The van der Waals surface area contributed by atoms with E-state index in [1.54, 1.807) is 22.9 Å². The number of benzene rings is 2. The van der Waals surface area contributed by atoms with Crippen molar-refractivity contribution >= 4 is 11.4 Å². The fraction of sp³-hybridized carbons (Fsp3) is 0.167. The Labute approximate surface area is 179 Å². The zero-order chi connectivity index (χ0) is 21.5. The van der Waals surface area contributed by atoms with Crippen LogP contribution in [0.4, 0.5) is 11.4 Å². The Morgan fingerprint density at radius 2 is 1.77 bits per heavy atom. The highest BCUT2D eigenvalue weighted by atomic mass is 16.1. The van der Waals surface area contributed by atoms with E-state index in [4.69, 9.17) is 0 Å². The van der Waals surface area contributed by atoms with Gasteiger partial charge < -0.3 is 4.90 Å². The van der Waals surface area contributed by atoms with Gasteiger partial charge in [0.1, 0.15) is 11.6 Å². The molecule has 0 bridgehead atoms. The first kappa shape index (κ1) is 18.8. The summed E-state index contributed by atoms with van der Waals surface area (Å²) >= 11 is 0. The van der Waals surface area contributed by atoms with Crippen LogP contribution in [0.1, 0.15) is 30.1 Å². The first-order valence-corrected chi connectivity index (χ1v) is 10.1. The molecule has 0 amide bonds. The second-order valence-electron chi connectivity index (χ2n) is 7.69. The zero-order valence-electron chi connectivity index (χ0n) is 17.2. The van der Waals surface area contributed by atoms with Gasteiger partial charge in [-0.25, -0.2) is 0 Å². The quantitative estimate of drug-likeness (QED) is 0.503. The second kappa shape index (κ2) is 7.26. The maximum Gasteiger partial charge on any atom is 0.255 e. The van der Waals surface area contributed by atoms with Crippen molar-refractivity contribution in [2.75, 3.05) is 11.4 Å². The normalized spacial score (nSPS) is 15.0. The smallest absolute Gasteiger partial charge is 0.255 e.